The average molecular weight is 618 g/mol. The van der Waals surface area contributed by atoms with Gasteiger partial charge < -0.3 is 9.05 Å². The van der Waals surface area contributed by atoms with E-state index in [2.05, 4.69) is 4.98 Å². The molecule has 0 N–H and O–H groups in total. The second-order valence-electron chi connectivity index (χ2n) is 10.4. The van der Waals surface area contributed by atoms with E-state index in [1.807, 2.05) is 18.2 Å². The third kappa shape index (κ3) is 5.81. The Kier molecular flexibility index (Phi) is 8.75. The minimum atomic E-state index is -4.33. The van der Waals surface area contributed by atoms with Crippen LogP contribution in [0.15, 0.2) is 83.9 Å². The van der Waals surface area contributed by atoms with Gasteiger partial charge in [0.25, 0.3) is 0 Å². The van der Waals surface area contributed by atoms with Crippen LogP contribution in [-0.2, 0) is 50.8 Å². The van der Waals surface area contributed by atoms with Gasteiger partial charge in [-0.05, 0) is 60.9 Å². The van der Waals surface area contributed by atoms with Crippen LogP contribution in [0, 0.1) is 0 Å². The van der Waals surface area contributed by atoms with Gasteiger partial charge in [-0.15, -0.1) is 0 Å². The van der Waals surface area contributed by atoms with Gasteiger partial charge in [0, 0.05) is 71.6 Å². The van der Waals surface area contributed by atoms with E-state index in [-0.39, 0.29) is 12.0 Å². The first kappa shape index (κ1) is 31.2. The Morgan fingerprint density at radius 3 is 2.20 bits per heavy atom. The first-order chi connectivity index (χ1) is 19.2. The molecule has 0 aliphatic heterocycles. The van der Waals surface area contributed by atoms with Crippen LogP contribution in [0.1, 0.15) is 30.5 Å². The van der Waals surface area contributed by atoms with Crippen LogP contribution in [-0.4, -0.2) is 44.3 Å². The summed E-state index contributed by atoms with van der Waals surface area (Å²) < 4.78 is 77.0. The molecule has 4 rings (SSSR count). The highest BCUT2D eigenvalue weighted by Gasteiger charge is 2.52. The smallest absolute Gasteiger partial charge is 0.309 e. The van der Waals surface area contributed by atoms with Crippen LogP contribution >= 0.6 is 7.60 Å². The van der Waals surface area contributed by atoms with E-state index in [1.54, 1.807) is 50.4 Å². The van der Waals surface area contributed by atoms with Crippen molar-refractivity contribution in [2.24, 2.45) is 0 Å². The summed E-state index contributed by atoms with van der Waals surface area (Å²) in [5.41, 5.74) is 3.18. The van der Waals surface area contributed by atoms with E-state index in [1.165, 1.54) is 36.8 Å². The van der Waals surface area contributed by atoms with Gasteiger partial charge in [-0.2, -0.15) is 0 Å². The number of fused-ring (bicyclic) bond motifs is 1. The van der Waals surface area contributed by atoms with Gasteiger partial charge in [0.2, 0.25) is 5.41 Å². The van der Waals surface area contributed by atoms with Crippen LogP contribution < -0.4 is 0 Å². The number of pyridine rings is 1. The molecule has 0 aliphatic rings. The van der Waals surface area contributed by atoms with Gasteiger partial charge in [0.1, 0.15) is 0 Å². The first-order valence-corrected chi connectivity index (χ1v) is 17.7. The van der Waals surface area contributed by atoms with E-state index >= 15 is 4.39 Å². The van der Waals surface area contributed by atoms with Crippen LogP contribution in [0.5, 0.6) is 0 Å². The molecule has 0 radical (unpaired) electrons. The van der Waals surface area contributed by atoms with Gasteiger partial charge in [0.15, 0.2) is 9.84 Å². The second kappa shape index (κ2) is 11.5. The maximum absolute atomic E-state index is 17.1. The molecule has 1 heterocycles. The highest BCUT2D eigenvalue weighted by Crippen LogP contribution is 2.66. The van der Waals surface area contributed by atoms with Crippen molar-refractivity contribution in [1.82, 2.24) is 4.98 Å². The Hall–Kier alpha value is -2.75. The number of aromatic nitrogens is 1. The summed E-state index contributed by atoms with van der Waals surface area (Å²) in [6, 6.07) is 20.3. The summed E-state index contributed by atoms with van der Waals surface area (Å²) in [5.74, 6) is 0. The van der Waals surface area contributed by atoms with Crippen molar-refractivity contribution in [1.29, 1.82) is 0 Å². The summed E-state index contributed by atoms with van der Waals surface area (Å²) >= 11 is 0. The molecule has 41 heavy (non-hydrogen) atoms. The predicted molar refractivity (Wildman–Crippen MR) is 162 cm³/mol. The molecule has 0 amide bonds. The molecule has 3 aromatic carbocycles. The lowest BCUT2D eigenvalue weighted by Gasteiger charge is -2.31. The zero-order valence-electron chi connectivity index (χ0n) is 23.8. The molecule has 7 nitrogen and oxygen atoms in total. The number of benzene rings is 3. The van der Waals surface area contributed by atoms with E-state index in [0.29, 0.717) is 32.7 Å². The molecule has 2 unspecified atom stereocenters. The molecule has 0 saturated carbocycles. The van der Waals surface area contributed by atoms with Gasteiger partial charge in [0.05, 0.1) is 10.3 Å². The predicted octanol–water partition coefficient (Wildman–Crippen LogP) is 6.77. The van der Waals surface area contributed by atoms with Crippen molar-refractivity contribution >= 4 is 39.1 Å². The second-order valence-corrected chi connectivity index (χ2v) is 16.7. The van der Waals surface area contributed by atoms with Gasteiger partial charge >= 0.3 is 7.60 Å². The monoisotopic (exact) mass is 617 g/mol. The lowest BCUT2D eigenvalue weighted by molar-refractivity contribution is 0.168. The van der Waals surface area contributed by atoms with Crippen LogP contribution in [0.25, 0.3) is 22.0 Å². The minimum Gasteiger partial charge on any atom is -0.309 e. The number of hydrogen-bond donors (Lipinski definition) is 0. The Labute approximate surface area is 243 Å². The minimum absolute atomic E-state index is 0.0631. The lowest BCUT2D eigenvalue weighted by Crippen LogP contribution is -2.28. The number of rotatable bonds is 10. The highest BCUT2D eigenvalue weighted by atomic mass is 32.2. The molecule has 218 valence electrons. The van der Waals surface area contributed by atoms with Crippen molar-refractivity contribution in [3.63, 3.8) is 0 Å². The number of halogens is 1. The van der Waals surface area contributed by atoms with Gasteiger partial charge in [-0.1, -0.05) is 42.5 Å². The number of sulfone groups is 1. The fourth-order valence-electron chi connectivity index (χ4n) is 4.72. The standard InChI is InChI=1S/C30H33FNO6PS2/c1-29(2,41(6,35)36)25-18-23-11-8-16-32-28(23)27(19-25)22-10-7-9-21(17-22)20-30(31,39(33,37-3)38-4)24-12-14-26(15-13-24)40(5)34/h7-19H,20H2,1-6H3. The first-order valence-electron chi connectivity index (χ1n) is 12.7. The van der Waals surface area contributed by atoms with E-state index < -0.39 is 38.4 Å². The Morgan fingerprint density at radius 2 is 1.61 bits per heavy atom. The topological polar surface area (TPSA) is 99.6 Å². The number of alkyl halides is 1. The van der Waals surface area contributed by atoms with Crippen LogP contribution in [0.3, 0.4) is 0 Å². The molecule has 0 aliphatic carbocycles. The highest BCUT2D eigenvalue weighted by molar-refractivity contribution is 7.91. The Balaban J connectivity index is 1.88. The average Bonchev–Trinajstić information content (AvgIpc) is 2.95. The maximum Gasteiger partial charge on any atom is 0.371 e. The van der Waals surface area contributed by atoms with Crippen molar-refractivity contribution in [2.75, 3.05) is 26.7 Å². The molecule has 1 aromatic heterocycles. The van der Waals surface area contributed by atoms with Crippen molar-refractivity contribution in [3.05, 3.63) is 95.7 Å². The van der Waals surface area contributed by atoms with E-state index in [0.717, 1.165) is 19.6 Å². The molecular weight excluding hydrogens is 584 g/mol. The molecule has 0 saturated heterocycles. The van der Waals surface area contributed by atoms with Crippen molar-refractivity contribution in [2.45, 2.75) is 35.3 Å². The summed E-state index contributed by atoms with van der Waals surface area (Å²) in [6.07, 6.45) is 4.03. The molecule has 2 atom stereocenters. The largest absolute Gasteiger partial charge is 0.371 e. The number of nitrogens with zero attached hydrogens (tertiary/aromatic N) is 1. The van der Waals surface area contributed by atoms with Crippen molar-refractivity contribution in [3.8, 4) is 11.1 Å². The maximum atomic E-state index is 17.1. The zero-order valence-corrected chi connectivity index (χ0v) is 26.3. The fourth-order valence-corrected chi connectivity index (χ4v) is 7.35. The normalized spacial score (nSPS) is 15.0. The fraction of sp³-hybridized carbons (Fsp3) is 0.300. The third-order valence-electron chi connectivity index (χ3n) is 7.55. The molecule has 0 spiro atoms. The van der Waals surface area contributed by atoms with Crippen LogP contribution in [0.2, 0.25) is 0 Å². The lowest BCUT2D eigenvalue weighted by atomic mass is 9.92. The quantitative estimate of drug-likeness (QED) is 0.181. The summed E-state index contributed by atoms with van der Waals surface area (Å²) in [6.45, 7) is 3.31. The summed E-state index contributed by atoms with van der Waals surface area (Å²) in [4.78, 5) is 5.05. The molecule has 11 heteroatoms. The Bertz CT molecular complexity index is 1770. The van der Waals surface area contributed by atoms with Gasteiger partial charge in [-0.3, -0.25) is 13.8 Å². The summed E-state index contributed by atoms with van der Waals surface area (Å²) in [7, 11) is -6.79. The van der Waals surface area contributed by atoms with Crippen molar-refractivity contribution < 1.29 is 30.6 Å². The molecular formula is C30H33FNO6PS2. The SMILES string of the molecule is COP(=O)(OC)C(F)(Cc1cccc(-c2cc(C(C)(C)S(C)(=O)=O)cc3cccnc23)c1)c1ccc(S(C)=O)cc1. The van der Waals surface area contributed by atoms with E-state index in [9.17, 15) is 17.2 Å². The van der Waals surface area contributed by atoms with Gasteiger partial charge in [-0.25, -0.2) is 12.8 Å². The molecule has 4 aromatic rings. The van der Waals surface area contributed by atoms with Crippen LogP contribution in [0.4, 0.5) is 4.39 Å². The van der Waals surface area contributed by atoms with E-state index in [4.69, 9.17) is 9.05 Å². The third-order valence-corrected chi connectivity index (χ3v) is 12.8. The molecule has 0 bridgehead atoms. The Morgan fingerprint density at radius 1 is 0.951 bits per heavy atom. The summed E-state index contributed by atoms with van der Waals surface area (Å²) in [5, 5.41) is -1.80. The zero-order chi connectivity index (χ0) is 30.2. The molecule has 0 fully saturated rings. The number of hydrogen-bond acceptors (Lipinski definition) is 7.